The topological polar surface area (TPSA) is 94.7 Å². The normalized spacial score (nSPS) is 20.2. The van der Waals surface area contributed by atoms with Crippen molar-refractivity contribution in [1.82, 2.24) is 20.1 Å². The molecule has 3 heterocycles. The number of rotatable bonds is 7. The molecule has 178 valence electrons. The van der Waals surface area contributed by atoms with E-state index >= 15 is 0 Å². The van der Waals surface area contributed by atoms with Crippen molar-refractivity contribution in [3.05, 3.63) is 22.5 Å². The molecular formula is C24H38N4O4. The smallest absolute Gasteiger partial charge is 0.339 e. The first-order chi connectivity index (χ1) is 15.3. The number of hydrogen-bond donors (Lipinski definition) is 2. The maximum absolute atomic E-state index is 13.0. The fraction of sp³-hybridized carbons (Fsp3) is 0.708. The third-order valence-electron chi connectivity index (χ3n) is 7.08. The Bertz CT molecular complexity index is 826. The molecule has 0 aromatic carbocycles. The Labute approximate surface area is 191 Å². The Morgan fingerprint density at radius 1 is 1.09 bits per heavy atom. The molecule has 3 rings (SSSR count). The summed E-state index contributed by atoms with van der Waals surface area (Å²) < 4.78 is 4.83. The second-order valence-electron chi connectivity index (χ2n) is 9.29. The number of amides is 2. The Balaban J connectivity index is 1.43. The number of piperidine rings is 2. The van der Waals surface area contributed by atoms with Crippen molar-refractivity contribution in [2.45, 2.75) is 65.3 Å². The van der Waals surface area contributed by atoms with Crippen molar-refractivity contribution in [2.75, 3.05) is 39.8 Å². The molecule has 0 aliphatic carbocycles. The summed E-state index contributed by atoms with van der Waals surface area (Å²) in [5.41, 5.74) is 2.15. The van der Waals surface area contributed by atoms with Gasteiger partial charge in [-0.05, 0) is 64.5 Å². The average Bonchev–Trinajstić information content (AvgIpc) is 3.08. The van der Waals surface area contributed by atoms with Crippen molar-refractivity contribution in [3.63, 3.8) is 0 Å². The molecule has 1 aromatic heterocycles. The molecule has 32 heavy (non-hydrogen) atoms. The summed E-state index contributed by atoms with van der Waals surface area (Å²) in [5, 5.41) is 3.08. The van der Waals surface area contributed by atoms with E-state index < -0.39 is 5.97 Å². The number of esters is 1. The number of likely N-dealkylation sites (tertiary alicyclic amines) is 2. The molecule has 0 radical (unpaired) electrons. The number of hydrogen-bond acceptors (Lipinski definition) is 5. The van der Waals surface area contributed by atoms with Gasteiger partial charge in [0, 0.05) is 44.3 Å². The van der Waals surface area contributed by atoms with Crippen molar-refractivity contribution in [3.8, 4) is 0 Å². The highest BCUT2D eigenvalue weighted by molar-refractivity contribution is 6.00. The van der Waals surface area contributed by atoms with Crippen LogP contribution < -0.4 is 5.32 Å². The highest BCUT2D eigenvalue weighted by Crippen LogP contribution is 2.25. The summed E-state index contributed by atoms with van der Waals surface area (Å²) in [6, 6.07) is 0.610. The molecule has 0 spiro atoms. The van der Waals surface area contributed by atoms with Crippen LogP contribution in [0.1, 0.15) is 77.6 Å². The first kappa shape index (κ1) is 24.3. The summed E-state index contributed by atoms with van der Waals surface area (Å²) in [6.45, 7) is 9.79. The molecule has 2 amide bonds. The summed E-state index contributed by atoms with van der Waals surface area (Å²) >= 11 is 0. The minimum absolute atomic E-state index is 0.0979. The Hall–Kier alpha value is -2.35. The van der Waals surface area contributed by atoms with E-state index in [9.17, 15) is 14.4 Å². The van der Waals surface area contributed by atoms with Crippen LogP contribution in [0.4, 0.5) is 0 Å². The number of H-pyrrole nitrogens is 1. The zero-order valence-corrected chi connectivity index (χ0v) is 20.0. The van der Waals surface area contributed by atoms with Gasteiger partial charge in [-0.3, -0.25) is 14.5 Å². The SMILES string of the molecule is COC(=O)c1c(C)[nH]c(C(=O)N2CCC(CC(=O)NCCN3CCCCC3C)CC2)c1C. The van der Waals surface area contributed by atoms with E-state index in [2.05, 4.69) is 22.1 Å². The fourth-order valence-electron chi connectivity index (χ4n) is 5.03. The molecule has 2 saturated heterocycles. The van der Waals surface area contributed by atoms with E-state index in [-0.39, 0.29) is 11.8 Å². The molecule has 1 atom stereocenters. The summed E-state index contributed by atoms with van der Waals surface area (Å²) in [5.74, 6) is -0.128. The van der Waals surface area contributed by atoms with E-state index in [0.717, 1.165) is 25.9 Å². The monoisotopic (exact) mass is 446 g/mol. The summed E-state index contributed by atoms with van der Waals surface area (Å²) in [6.07, 6.45) is 5.94. The first-order valence-electron chi connectivity index (χ1n) is 11.9. The number of carbonyl (C=O) groups excluding carboxylic acids is 3. The van der Waals surface area contributed by atoms with Crippen molar-refractivity contribution < 1.29 is 19.1 Å². The van der Waals surface area contributed by atoms with Gasteiger partial charge in [-0.15, -0.1) is 0 Å². The van der Waals surface area contributed by atoms with Crippen LogP contribution in [0, 0.1) is 19.8 Å². The van der Waals surface area contributed by atoms with Crippen LogP contribution in [0.25, 0.3) is 0 Å². The minimum atomic E-state index is -0.435. The zero-order chi connectivity index (χ0) is 23.3. The van der Waals surface area contributed by atoms with Gasteiger partial charge in [-0.2, -0.15) is 0 Å². The molecule has 2 aliphatic heterocycles. The predicted octanol–water partition coefficient (Wildman–Crippen LogP) is 2.65. The third-order valence-corrected chi connectivity index (χ3v) is 7.08. The van der Waals surface area contributed by atoms with Gasteiger partial charge in [0.05, 0.1) is 12.7 Å². The molecule has 2 N–H and O–H groups in total. The lowest BCUT2D eigenvalue weighted by molar-refractivity contribution is -0.122. The first-order valence-corrected chi connectivity index (χ1v) is 11.9. The maximum atomic E-state index is 13.0. The van der Waals surface area contributed by atoms with Crippen LogP contribution in [-0.4, -0.2) is 78.4 Å². The Kier molecular flexibility index (Phi) is 8.34. The largest absolute Gasteiger partial charge is 0.465 e. The second-order valence-corrected chi connectivity index (χ2v) is 9.29. The number of aryl methyl sites for hydroxylation is 1. The van der Waals surface area contributed by atoms with Crippen LogP contribution in [-0.2, 0) is 9.53 Å². The number of methoxy groups -OCH3 is 1. The molecule has 0 saturated carbocycles. The molecule has 8 heteroatoms. The van der Waals surface area contributed by atoms with E-state index in [0.29, 0.717) is 60.5 Å². The van der Waals surface area contributed by atoms with Gasteiger partial charge in [0.15, 0.2) is 0 Å². The van der Waals surface area contributed by atoms with E-state index in [1.807, 2.05) is 4.90 Å². The van der Waals surface area contributed by atoms with E-state index in [1.165, 1.54) is 26.4 Å². The van der Waals surface area contributed by atoms with E-state index in [1.54, 1.807) is 13.8 Å². The quantitative estimate of drug-likeness (QED) is 0.628. The predicted molar refractivity (Wildman–Crippen MR) is 123 cm³/mol. The number of aromatic amines is 1. The van der Waals surface area contributed by atoms with Gasteiger partial charge in [0.25, 0.3) is 5.91 Å². The van der Waals surface area contributed by atoms with Crippen LogP contribution in [0.5, 0.6) is 0 Å². The van der Waals surface area contributed by atoms with Crippen LogP contribution >= 0.6 is 0 Å². The third kappa shape index (κ3) is 5.71. The number of nitrogens with one attached hydrogen (secondary N) is 2. The van der Waals surface area contributed by atoms with E-state index in [4.69, 9.17) is 4.74 Å². The summed E-state index contributed by atoms with van der Waals surface area (Å²) in [7, 11) is 1.34. The molecule has 2 aliphatic rings. The van der Waals surface area contributed by atoms with Gasteiger partial charge in [0.1, 0.15) is 5.69 Å². The minimum Gasteiger partial charge on any atom is -0.465 e. The molecule has 8 nitrogen and oxygen atoms in total. The number of nitrogens with zero attached hydrogens (tertiary/aromatic N) is 2. The number of ether oxygens (including phenoxy) is 1. The van der Waals surface area contributed by atoms with Crippen molar-refractivity contribution in [1.29, 1.82) is 0 Å². The lowest BCUT2D eigenvalue weighted by Crippen LogP contribution is -2.43. The van der Waals surface area contributed by atoms with Crippen LogP contribution in [0.2, 0.25) is 0 Å². The van der Waals surface area contributed by atoms with Gasteiger partial charge >= 0.3 is 5.97 Å². The zero-order valence-electron chi connectivity index (χ0n) is 20.0. The second kappa shape index (κ2) is 11.0. The highest BCUT2D eigenvalue weighted by Gasteiger charge is 2.29. The molecule has 2 fully saturated rings. The van der Waals surface area contributed by atoms with Gasteiger partial charge in [-0.1, -0.05) is 6.42 Å². The standard InChI is InChI=1S/C24H38N4O4/c1-16-7-5-6-11-27(16)14-10-25-20(29)15-19-8-12-28(13-9-19)23(30)22-17(2)21(18(3)26-22)24(31)32-4/h16,19,26H,5-15H2,1-4H3,(H,25,29). The molecule has 1 unspecified atom stereocenters. The van der Waals surface area contributed by atoms with Crippen molar-refractivity contribution in [2.24, 2.45) is 5.92 Å². The lowest BCUT2D eigenvalue weighted by atomic mass is 9.93. The lowest BCUT2D eigenvalue weighted by Gasteiger charge is -2.33. The van der Waals surface area contributed by atoms with Gasteiger partial charge < -0.3 is 19.9 Å². The summed E-state index contributed by atoms with van der Waals surface area (Å²) in [4.78, 5) is 44.7. The molecule has 1 aromatic rings. The van der Waals surface area contributed by atoms with Crippen LogP contribution in [0.3, 0.4) is 0 Å². The Morgan fingerprint density at radius 3 is 2.47 bits per heavy atom. The maximum Gasteiger partial charge on any atom is 0.339 e. The number of carbonyl (C=O) groups is 3. The number of aromatic nitrogens is 1. The van der Waals surface area contributed by atoms with Gasteiger partial charge in [-0.25, -0.2) is 4.79 Å². The molecule has 0 bridgehead atoms. The molecular weight excluding hydrogens is 408 g/mol. The Morgan fingerprint density at radius 2 is 1.81 bits per heavy atom. The average molecular weight is 447 g/mol. The highest BCUT2D eigenvalue weighted by atomic mass is 16.5. The van der Waals surface area contributed by atoms with Crippen LogP contribution in [0.15, 0.2) is 0 Å². The fourth-order valence-corrected chi connectivity index (χ4v) is 5.03. The van der Waals surface area contributed by atoms with Crippen molar-refractivity contribution >= 4 is 17.8 Å². The van der Waals surface area contributed by atoms with Gasteiger partial charge in [0.2, 0.25) is 5.91 Å².